The van der Waals surface area contributed by atoms with Crippen LogP contribution in [-0.4, -0.2) is 27.9 Å². The maximum atomic E-state index is 13.7. The number of hydrogen-bond acceptors (Lipinski definition) is 4. The van der Waals surface area contributed by atoms with Crippen molar-refractivity contribution in [3.8, 4) is 0 Å². The molecule has 2 aliphatic carbocycles. The number of hydrogen-bond donors (Lipinski definition) is 0. The fourth-order valence-corrected chi connectivity index (χ4v) is 6.53. The summed E-state index contributed by atoms with van der Waals surface area (Å²) in [6.07, 6.45) is 1.91. The van der Waals surface area contributed by atoms with Gasteiger partial charge in [-0.2, -0.15) is 26.3 Å². The Balaban J connectivity index is 1.54. The molecule has 0 aliphatic heterocycles. The van der Waals surface area contributed by atoms with E-state index >= 15 is 0 Å². The summed E-state index contributed by atoms with van der Waals surface area (Å²) in [7, 11) is 1.67. The summed E-state index contributed by atoms with van der Waals surface area (Å²) < 4.78 is 83.5. The zero-order valence-corrected chi connectivity index (χ0v) is 24.7. The van der Waals surface area contributed by atoms with E-state index in [1.165, 1.54) is 54.2 Å². The smallest absolute Gasteiger partial charge is 0.371 e. The molecule has 0 amide bonds. The molecule has 0 saturated heterocycles. The molecular formula is C32H39F6N5. The molecule has 3 aromatic rings. The lowest BCUT2D eigenvalue weighted by Gasteiger charge is -2.34. The van der Waals surface area contributed by atoms with Crippen LogP contribution >= 0.6 is 0 Å². The van der Waals surface area contributed by atoms with Crippen molar-refractivity contribution in [1.29, 1.82) is 0 Å². The number of aryl methyl sites for hydroxylation is 3. The SMILES string of the molecule is CCN(CC1CCCCC1)c1cc2c(cc1CN(Cc1cc(C(F)(F)F)cc(C(F)(F)F)c1)c1ncn(C)n1)CCCC2. The second-order valence-electron chi connectivity index (χ2n) is 12.0. The van der Waals surface area contributed by atoms with Crippen molar-refractivity contribution >= 4 is 11.6 Å². The molecule has 0 unspecified atom stereocenters. The van der Waals surface area contributed by atoms with Gasteiger partial charge in [-0.25, -0.2) is 4.98 Å². The average molecular weight is 608 g/mol. The van der Waals surface area contributed by atoms with Crippen LogP contribution < -0.4 is 9.80 Å². The first-order valence-corrected chi connectivity index (χ1v) is 15.2. The second-order valence-corrected chi connectivity index (χ2v) is 12.0. The molecule has 2 aromatic carbocycles. The van der Waals surface area contributed by atoms with Gasteiger partial charge in [-0.05, 0) is 97.9 Å². The number of rotatable bonds is 9. The van der Waals surface area contributed by atoms with E-state index in [0.29, 0.717) is 5.92 Å². The van der Waals surface area contributed by atoms with Gasteiger partial charge in [0, 0.05) is 38.9 Å². The Hall–Kier alpha value is -3.24. The number of anilines is 2. The van der Waals surface area contributed by atoms with Crippen molar-refractivity contribution in [3.05, 3.63) is 70.0 Å². The van der Waals surface area contributed by atoms with Crippen molar-refractivity contribution in [2.75, 3.05) is 22.9 Å². The van der Waals surface area contributed by atoms with E-state index in [-0.39, 0.29) is 30.7 Å². The Labute approximate surface area is 248 Å². The topological polar surface area (TPSA) is 37.2 Å². The molecular weight excluding hydrogens is 568 g/mol. The zero-order chi connectivity index (χ0) is 30.8. The molecule has 0 atom stereocenters. The largest absolute Gasteiger partial charge is 0.416 e. The highest BCUT2D eigenvalue weighted by Crippen LogP contribution is 2.38. The van der Waals surface area contributed by atoms with E-state index in [9.17, 15) is 26.3 Å². The van der Waals surface area contributed by atoms with Gasteiger partial charge in [-0.15, -0.1) is 5.10 Å². The molecule has 1 aromatic heterocycles. The van der Waals surface area contributed by atoms with Gasteiger partial charge < -0.3 is 9.80 Å². The Morgan fingerprint density at radius 2 is 1.42 bits per heavy atom. The molecule has 234 valence electrons. The van der Waals surface area contributed by atoms with E-state index in [2.05, 4.69) is 34.0 Å². The predicted octanol–water partition coefficient (Wildman–Crippen LogP) is 8.34. The standard InChI is InChI=1S/C32H39F6N5/c1-3-42(18-22-9-5-4-6-10-22)29-16-25-12-8-7-11-24(25)15-26(29)20-43(30-39-21-41(2)40-30)19-23-13-27(31(33,34)35)17-28(14-23)32(36,37)38/h13-17,21-22H,3-12,18-20H2,1-2H3. The van der Waals surface area contributed by atoms with E-state index in [1.54, 1.807) is 11.9 Å². The minimum Gasteiger partial charge on any atom is -0.371 e. The average Bonchev–Trinajstić information content (AvgIpc) is 3.41. The van der Waals surface area contributed by atoms with E-state index in [1.807, 2.05) is 0 Å². The monoisotopic (exact) mass is 607 g/mol. The first-order valence-electron chi connectivity index (χ1n) is 15.2. The van der Waals surface area contributed by atoms with Crippen molar-refractivity contribution in [1.82, 2.24) is 14.8 Å². The molecule has 0 N–H and O–H groups in total. The van der Waals surface area contributed by atoms with Crippen LogP contribution in [0.4, 0.5) is 38.0 Å². The van der Waals surface area contributed by atoms with E-state index in [0.717, 1.165) is 62.2 Å². The first kappa shape index (κ1) is 31.2. The highest BCUT2D eigenvalue weighted by molar-refractivity contribution is 5.59. The summed E-state index contributed by atoms with van der Waals surface area (Å²) >= 11 is 0. The summed E-state index contributed by atoms with van der Waals surface area (Å²) in [6.45, 7) is 3.87. The van der Waals surface area contributed by atoms with Crippen LogP contribution in [0.5, 0.6) is 0 Å². The van der Waals surface area contributed by atoms with Gasteiger partial charge >= 0.3 is 12.4 Å². The van der Waals surface area contributed by atoms with E-state index in [4.69, 9.17) is 0 Å². The molecule has 0 spiro atoms. The van der Waals surface area contributed by atoms with Gasteiger partial charge in [0.1, 0.15) is 6.33 Å². The van der Waals surface area contributed by atoms with Crippen LogP contribution in [0.1, 0.15) is 85.3 Å². The zero-order valence-electron chi connectivity index (χ0n) is 24.7. The van der Waals surface area contributed by atoms with E-state index < -0.39 is 23.5 Å². The Bertz CT molecular complexity index is 1360. The van der Waals surface area contributed by atoms with Crippen molar-refractivity contribution in [2.24, 2.45) is 13.0 Å². The molecule has 1 heterocycles. The second kappa shape index (κ2) is 12.8. The van der Waals surface area contributed by atoms with Gasteiger partial charge in [0.2, 0.25) is 5.95 Å². The summed E-state index contributed by atoms with van der Waals surface area (Å²) in [6, 6.07) is 6.21. The summed E-state index contributed by atoms with van der Waals surface area (Å²) in [4.78, 5) is 8.42. The lowest BCUT2D eigenvalue weighted by Crippen LogP contribution is -2.33. The molecule has 1 saturated carbocycles. The van der Waals surface area contributed by atoms with Crippen LogP contribution in [0.25, 0.3) is 0 Å². The number of alkyl halides is 6. The van der Waals surface area contributed by atoms with Gasteiger partial charge in [0.25, 0.3) is 0 Å². The minimum absolute atomic E-state index is 0.108. The third kappa shape index (κ3) is 7.65. The van der Waals surface area contributed by atoms with Gasteiger partial charge in [0.05, 0.1) is 11.1 Å². The maximum Gasteiger partial charge on any atom is 0.416 e. The molecule has 1 fully saturated rings. The normalized spacial score (nSPS) is 16.3. The predicted molar refractivity (Wildman–Crippen MR) is 155 cm³/mol. The first-order chi connectivity index (χ1) is 20.4. The van der Waals surface area contributed by atoms with Crippen molar-refractivity contribution < 1.29 is 26.3 Å². The van der Waals surface area contributed by atoms with Crippen LogP contribution in [0.2, 0.25) is 0 Å². The van der Waals surface area contributed by atoms with Crippen LogP contribution in [0.15, 0.2) is 36.7 Å². The number of benzene rings is 2. The van der Waals surface area contributed by atoms with Crippen LogP contribution in [-0.2, 0) is 45.3 Å². The highest BCUT2D eigenvalue weighted by atomic mass is 19.4. The van der Waals surface area contributed by atoms with Crippen molar-refractivity contribution in [3.63, 3.8) is 0 Å². The Morgan fingerprint density at radius 1 is 0.791 bits per heavy atom. The maximum absolute atomic E-state index is 13.7. The van der Waals surface area contributed by atoms with Crippen molar-refractivity contribution in [2.45, 2.75) is 90.2 Å². The third-order valence-corrected chi connectivity index (χ3v) is 8.72. The molecule has 2 aliphatic rings. The number of halogens is 6. The summed E-state index contributed by atoms with van der Waals surface area (Å²) in [5.41, 5.74) is 1.87. The Morgan fingerprint density at radius 3 is 1.98 bits per heavy atom. The fourth-order valence-electron chi connectivity index (χ4n) is 6.53. The summed E-state index contributed by atoms with van der Waals surface area (Å²) in [5, 5.41) is 4.39. The molecule has 11 heteroatoms. The number of fused-ring (bicyclic) bond motifs is 1. The molecule has 43 heavy (non-hydrogen) atoms. The lowest BCUT2D eigenvalue weighted by atomic mass is 9.87. The number of nitrogens with zero attached hydrogens (tertiary/aromatic N) is 5. The fraction of sp³-hybridized carbons (Fsp3) is 0.562. The summed E-state index contributed by atoms with van der Waals surface area (Å²) in [5.74, 6) is 0.838. The van der Waals surface area contributed by atoms with Gasteiger partial charge in [-0.1, -0.05) is 25.3 Å². The lowest BCUT2D eigenvalue weighted by molar-refractivity contribution is -0.143. The molecule has 0 radical (unpaired) electrons. The quantitative estimate of drug-likeness (QED) is 0.229. The minimum atomic E-state index is -4.92. The highest BCUT2D eigenvalue weighted by Gasteiger charge is 2.37. The molecule has 5 rings (SSSR count). The molecule has 5 nitrogen and oxygen atoms in total. The third-order valence-electron chi connectivity index (χ3n) is 8.72. The van der Waals surface area contributed by atoms with Crippen LogP contribution in [0.3, 0.4) is 0 Å². The van der Waals surface area contributed by atoms with Crippen LogP contribution in [0, 0.1) is 5.92 Å². The number of aromatic nitrogens is 3. The van der Waals surface area contributed by atoms with Gasteiger partial charge in [0.15, 0.2) is 0 Å². The Kier molecular flexibility index (Phi) is 9.27. The molecule has 0 bridgehead atoms. The van der Waals surface area contributed by atoms with Gasteiger partial charge in [-0.3, -0.25) is 4.68 Å².